The Morgan fingerprint density at radius 3 is 2.81 bits per heavy atom. The summed E-state index contributed by atoms with van der Waals surface area (Å²) in [7, 11) is 0. The molecular formula is C14H21N3O4. The average Bonchev–Trinajstić information content (AvgIpc) is 2.42. The van der Waals surface area contributed by atoms with E-state index in [9.17, 15) is 9.59 Å². The fraction of sp³-hybridized carbons (Fsp3) is 0.500. The number of urea groups is 1. The van der Waals surface area contributed by atoms with Crippen molar-refractivity contribution in [2.75, 3.05) is 25.1 Å². The summed E-state index contributed by atoms with van der Waals surface area (Å²) in [6.45, 7) is 5.93. The third-order valence-electron chi connectivity index (χ3n) is 2.45. The molecule has 0 atom stereocenters. The van der Waals surface area contributed by atoms with Gasteiger partial charge in [0.1, 0.15) is 0 Å². The van der Waals surface area contributed by atoms with E-state index in [0.29, 0.717) is 37.8 Å². The van der Waals surface area contributed by atoms with E-state index in [4.69, 9.17) is 9.84 Å². The van der Waals surface area contributed by atoms with Crippen LogP contribution < -0.4 is 10.6 Å². The first-order valence-corrected chi connectivity index (χ1v) is 6.80. The zero-order valence-electron chi connectivity index (χ0n) is 12.3. The number of carbonyl (C=O) groups excluding carboxylic acids is 1. The highest BCUT2D eigenvalue weighted by Gasteiger charge is 2.06. The monoisotopic (exact) mass is 295 g/mol. The molecule has 0 fully saturated rings. The average molecular weight is 295 g/mol. The summed E-state index contributed by atoms with van der Waals surface area (Å²) >= 11 is 0. The Bertz CT molecular complexity index is 477. The molecule has 0 aromatic carbocycles. The number of hydrogen-bond donors (Lipinski definition) is 3. The van der Waals surface area contributed by atoms with Gasteiger partial charge in [-0.1, -0.05) is 13.8 Å². The first-order valence-electron chi connectivity index (χ1n) is 6.80. The topological polar surface area (TPSA) is 101 Å². The minimum Gasteiger partial charge on any atom is -0.478 e. The van der Waals surface area contributed by atoms with E-state index in [0.717, 1.165) is 0 Å². The van der Waals surface area contributed by atoms with Crippen molar-refractivity contribution in [1.82, 2.24) is 10.3 Å². The molecule has 0 unspecified atom stereocenters. The molecule has 116 valence electrons. The van der Waals surface area contributed by atoms with Gasteiger partial charge < -0.3 is 20.5 Å². The second kappa shape index (κ2) is 8.91. The van der Waals surface area contributed by atoms with Gasteiger partial charge in [0, 0.05) is 26.0 Å². The normalized spacial score (nSPS) is 10.4. The van der Waals surface area contributed by atoms with Crippen LogP contribution in [0.25, 0.3) is 0 Å². The van der Waals surface area contributed by atoms with Crippen LogP contribution in [0.2, 0.25) is 0 Å². The first kappa shape index (κ1) is 16.9. The largest absolute Gasteiger partial charge is 0.478 e. The van der Waals surface area contributed by atoms with Crippen LogP contribution in [0, 0.1) is 5.92 Å². The number of carbonyl (C=O) groups is 2. The smallest absolute Gasteiger partial charge is 0.337 e. The standard InChI is InChI=1S/C14H21N3O4/c1-10(2)9-21-5-3-4-16-14(20)17-12-6-11(13(18)19)7-15-8-12/h6-8,10H,3-5,9H2,1-2H3,(H,18,19)(H2,16,17,20). The fourth-order valence-corrected chi connectivity index (χ4v) is 1.50. The lowest BCUT2D eigenvalue weighted by atomic mass is 10.2. The Balaban J connectivity index is 2.24. The number of aromatic carboxylic acids is 1. The van der Waals surface area contributed by atoms with Crippen LogP contribution in [-0.4, -0.2) is 41.8 Å². The number of pyridine rings is 1. The fourth-order valence-electron chi connectivity index (χ4n) is 1.50. The molecule has 0 aliphatic heterocycles. The summed E-state index contributed by atoms with van der Waals surface area (Å²) in [4.78, 5) is 26.1. The van der Waals surface area contributed by atoms with E-state index in [2.05, 4.69) is 29.5 Å². The van der Waals surface area contributed by atoms with Crippen LogP contribution in [0.15, 0.2) is 18.5 Å². The molecule has 0 saturated carbocycles. The summed E-state index contributed by atoms with van der Waals surface area (Å²) in [5, 5.41) is 14.0. The molecule has 3 N–H and O–H groups in total. The van der Waals surface area contributed by atoms with Gasteiger partial charge in [-0.25, -0.2) is 9.59 Å². The van der Waals surface area contributed by atoms with E-state index >= 15 is 0 Å². The Labute approximate surface area is 123 Å². The number of anilines is 1. The highest BCUT2D eigenvalue weighted by atomic mass is 16.5. The summed E-state index contributed by atoms with van der Waals surface area (Å²) in [5.74, 6) is -0.593. The number of nitrogens with one attached hydrogen (secondary N) is 2. The summed E-state index contributed by atoms with van der Waals surface area (Å²) in [6, 6.07) is 0.948. The van der Waals surface area contributed by atoms with Crippen molar-refractivity contribution in [2.24, 2.45) is 5.92 Å². The Kier molecular flexibility index (Phi) is 7.17. The Morgan fingerprint density at radius 2 is 2.14 bits per heavy atom. The summed E-state index contributed by atoms with van der Waals surface area (Å²) in [5.41, 5.74) is 0.360. The third-order valence-corrected chi connectivity index (χ3v) is 2.45. The first-order chi connectivity index (χ1) is 9.99. The second-order valence-corrected chi connectivity index (χ2v) is 4.97. The lowest BCUT2D eigenvalue weighted by Crippen LogP contribution is -2.30. The predicted molar refractivity (Wildman–Crippen MR) is 78.5 cm³/mol. The number of carboxylic acids is 1. The molecule has 0 radical (unpaired) electrons. The molecule has 0 bridgehead atoms. The molecule has 0 aliphatic rings. The lowest BCUT2D eigenvalue weighted by Gasteiger charge is -2.09. The molecule has 1 aromatic heterocycles. The summed E-state index contributed by atoms with van der Waals surface area (Å²) < 4.78 is 5.39. The molecule has 7 nitrogen and oxygen atoms in total. The van der Waals surface area contributed by atoms with Gasteiger partial charge in [0.25, 0.3) is 0 Å². The van der Waals surface area contributed by atoms with Crippen molar-refractivity contribution in [2.45, 2.75) is 20.3 Å². The Morgan fingerprint density at radius 1 is 1.38 bits per heavy atom. The van der Waals surface area contributed by atoms with Crippen molar-refractivity contribution in [1.29, 1.82) is 0 Å². The van der Waals surface area contributed by atoms with Gasteiger partial charge in [-0.3, -0.25) is 4.98 Å². The van der Waals surface area contributed by atoms with E-state index in [-0.39, 0.29) is 5.56 Å². The molecule has 0 aliphatic carbocycles. The van der Waals surface area contributed by atoms with E-state index in [1.54, 1.807) is 0 Å². The maximum absolute atomic E-state index is 11.6. The van der Waals surface area contributed by atoms with Crippen molar-refractivity contribution < 1.29 is 19.4 Å². The highest BCUT2D eigenvalue weighted by Crippen LogP contribution is 2.07. The van der Waals surface area contributed by atoms with Gasteiger partial charge in [0.2, 0.25) is 0 Å². The van der Waals surface area contributed by atoms with Crippen LogP contribution >= 0.6 is 0 Å². The van der Waals surface area contributed by atoms with Crippen LogP contribution in [0.5, 0.6) is 0 Å². The van der Waals surface area contributed by atoms with Gasteiger partial charge in [0.15, 0.2) is 0 Å². The number of amides is 2. The quantitative estimate of drug-likeness (QED) is 0.636. The van der Waals surface area contributed by atoms with Crippen molar-refractivity contribution in [3.8, 4) is 0 Å². The van der Waals surface area contributed by atoms with Gasteiger partial charge in [-0.2, -0.15) is 0 Å². The number of carboxylic acid groups (broad SMARTS) is 1. The van der Waals surface area contributed by atoms with Crippen LogP contribution in [0.4, 0.5) is 10.5 Å². The number of aromatic nitrogens is 1. The van der Waals surface area contributed by atoms with E-state index in [1.165, 1.54) is 18.5 Å². The molecule has 7 heteroatoms. The van der Waals surface area contributed by atoms with Crippen molar-refractivity contribution in [3.05, 3.63) is 24.0 Å². The molecule has 21 heavy (non-hydrogen) atoms. The Hall–Kier alpha value is -2.15. The maximum Gasteiger partial charge on any atom is 0.337 e. The predicted octanol–water partition coefficient (Wildman–Crippen LogP) is 1.96. The number of rotatable bonds is 8. The molecule has 1 heterocycles. The van der Waals surface area contributed by atoms with Gasteiger partial charge in [-0.15, -0.1) is 0 Å². The maximum atomic E-state index is 11.6. The molecular weight excluding hydrogens is 274 g/mol. The SMILES string of the molecule is CC(C)COCCCNC(=O)Nc1cncc(C(=O)O)c1. The van der Waals surface area contributed by atoms with Gasteiger partial charge >= 0.3 is 12.0 Å². The third kappa shape index (κ3) is 7.26. The summed E-state index contributed by atoms with van der Waals surface area (Å²) in [6.07, 6.45) is 3.32. The minimum atomic E-state index is -1.09. The molecule has 1 aromatic rings. The molecule has 0 spiro atoms. The van der Waals surface area contributed by atoms with Crippen LogP contribution in [0.1, 0.15) is 30.6 Å². The van der Waals surface area contributed by atoms with Gasteiger partial charge in [-0.05, 0) is 18.4 Å². The zero-order chi connectivity index (χ0) is 15.7. The highest BCUT2D eigenvalue weighted by molar-refractivity contribution is 5.92. The molecule has 1 rings (SSSR count). The molecule has 2 amide bonds. The lowest BCUT2D eigenvalue weighted by molar-refractivity contribution is 0.0696. The van der Waals surface area contributed by atoms with Crippen LogP contribution in [-0.2, 0) is 4.74 Å². The number of hydrogen-bond acceptors (Lipinski definition) is 4. The van der Waals surface area contributed by atoms with Gasteiger partial charge in [0.05, 0.1) is 17.4 Å². The van der Waals surface area contributed by atoms with Crippen LogP contribution in [0.3, 0.4) is 0 Å². The molecule has 0 saturated heterocycles. The number of ether oxygens (including phenoxy) is 1. The van der Waals surface area contributed by atoms with E-state index < -0.39 is 12.0 Å². The number of nitrogens with zero attached hydrogens (tertiary/aromatic N) is 1. The second-order valence-electron chi connectivity index (χ2n) is 4.97. The van der Waals surface area contributed by atoms with E-state index in [1.807, 2.05) is 0 Å². The zero-order valence-corrected chi connectivity index (χ0v) is 12.3. The van der Waals surface area contributed by atoms with Crippen molar-refractivity contribution >= 4 is 17.7 Å². The van der Waals surface area contributed by atoms with Crippen molar-refractivity contribution in [3.63, 3.8) is 0 Å². The minimum absolute atomic E-state index is 0.0230.